The number of hydrogen-bond donors (Lipinski definition) is 1. The van der Waals surface area contributed by atoms with Crippen molar-refractivity contribution in [3.63, 3.8) is 0 Å². The Labute approximate surface area is 257 Å². The molecule has 4 rings (SSSR count). The smallest absolute Gasteiger partial charge is 0.282 e. The van der Waals surface area contributed by atoms with Crippen LogP contribution < -0.4 is 20.3 Å². The summed E-state index contributed by atoms with van der Waals surface area (Å²) in [5, 5.41) is 8.39. The summed E-state index contributed by atoms with van der Waals surface area (Å²) in [6, 6.07) is 13.7. The zero-order chi connectivity index (χ0) is 28.8. The van der Waals surface area contributed by atoms with Gasteiger partial charge in [-0.25, -0.2) is 4.98 Å². The lowest BCUT2D eigenvalue weighted by molar-refractivity contribution is -0.118. The molecule has 0 aliphatic carbocycles. The number of carbonyl (C=O) groups is 1. The normalized spacial score (nSPS) is 11.2. The number of hydrogen-bond acceptors (Lipinski definition) is 6. The van der Waals surface area contributed by atoms with Gasteiger partial charge in [0.1, 0.15) is 10.8 Å². The molecule has 0 saturated carbocycles. The molecule has 4 aromatic rings. The fourth-order valence-electron chi connectivity index (χ4n) is 3.78. The molecule has 8 nitrogen and oxygen atoms in total. The third-order valence-electron chi connectivity index (χ3n) is 5.79. The first-order valence-corrected chi connectivity index (χ1v) is 14.6. The van der Waals surface area contributed by atoms with Crippen molar-refractivity contribution in [2.45, 2.75) is 26.2 Å². The molecule has 0 saturated heterocycles. The van der Waals surface area contributed by atoms with E-state index in [9.17, 15) is 9.59 Å². The number of aromatic nitrogens is 2. The molecule has 0 fully saturated rings. The van der Waals surface area contributed by atoms with Crippen LogP contribution in [0.2, 0.25) is 10.0 Å². The summed E-state index contributed by atoms with van der Waals surface area (Å²) in [4.78, 5) is 30.5. The third kappa shape index (κ3) is 7.04. The van der Waals surface area contributed by atoms with Crippen LogP contribution in [0.25, 0.3) is 10.9 Å². The van der Waals surface area contributed by atoms with Crippen LogP contribution in [-0.2, 0) is 11.2 Å². The van der Waals surface area contributed by atoms with E-state index in [1.807, 2.05) is 6.07 Å². The van der Waals surface area contributed by atoms with Crippen LogP contribution >= 0.6 is 55.1 Å². The Bertz CT molecular complexity index is 1640. The summed E-state index contributed by atoms with van der Waals surface area (Å²) in [5.41, 5.74) is 1.43. The number of aryl methyl sites for hydroxylation is 1. The maximum absolute atomic E-state index is 13.4. The number of halogens is 4. The molecule has 0 atom stereocenters. The number of rotatable bonds is 10. The highest BCUT2D eigenvalue weighted by atomic mass is 79.9. The fraction of sp³-hybridized carbons (Fsp3) is 0.214. The molecule has 0 aliphatic rings. The van der Waals surface area contributed by atoms with Crippen molar-refractivity contribution in [3.05, 3.63) is 89.3 Å². The lowest BCUT2D eigenvalue weighted by Crippen LogP contribution is -2.22. The van der Waals surface area contributed by atoms with Crippen molar-refractivity contribution < 1.29 is 14.3 Å². The zero-order valence-corrected chi connectivity index (χ0v) is 26.2. The Morgan fingerprint density at radius 3 is 2.60 bits per heavy atom. The predicted octanol–water partition coefficient (Wildman–Crippen LogP) is 7.48. The number of ether oxygens (including phenoxy) is 2. The van der Waals surface area contributed by atoms with E-state index in [0.29, 0.717) is 43.9 Å². The van der Waals surface area contributed by atoms with Gasteiger partial charge in [-0.15, -0.1) is 0 Å². The number of nitrogens with one attached hydrogen (secondary N) is 1. The van der Waals surface area contributed by atoms with Gasteiger partial charge in [-0.1, -0.05) is 52.5 Å². The molecule has 0 radical (unpaired) electrons. The highest BCUT2D eigenvalue weighted by Crippen LogP contribution is 2.42. The van der Waals surface area contributed by atoms with E-state index in [-0.39, 0.29) is 28.7 Å². The van der Waals surface area contributed by atoms with Crippen molar-refractivity contribution >= 4 is 83.8 Å². The minimum atomic E-state index is -0.392. The molecular weight excluding hydrogens is 687 g/mol. The van der Waals surface area contributed by atoms with Crippen LogP contribution in [-0.4, -0.2) is 35.5 Å². The van der Waals surface area contributed by atoms with Gasteiger partial charge in [0.05, 0.1) is 24.2 Å². The summed E-state index contributed by atoms with van der Waals surface area (Å²) >= 11 is 19.4. The number of benzene rings is 3. The molecule has 3 aromatic carbocycles. The minimum Gasteiger partial charge on any atom is -0.493 e. The first kappa shape index (κ1) is 30.0. The number of carbonyl (C=O) groups excluding carboxylic acids is 1. The van der Waals surface area contributed by atoms with Gasteiger partial charge in [-0.05, 0) is 70.9 Å². The van der Waals surface area contributed by atoms with Gasteiger partial charge in [0.25, 0.3) is 11.5 Å². The number of anilines is 1. The first-order chi connectivity index (χ1) is 19.2. The molecule has 40 heavy (non-hydrogen) atoms. The Morgan fingerprint density at radius 1 is 1.15 bits per heavy atom. The van der Waals surface area contributed by atoms with Crippen molar-refractivity contribution in [1.82, 2.24) is 9.66 Å². The lowest BCUT2D eigenvalue weighted by Gasteiger charge is -2.15. The van der Waals surface area contributed by atoms with Gasteiger partial charge in [0.15, 0.2) is 18.1 Å². The van der Waals surface area contributed by atoms with E-state index in [1.54, 1.807) is 42.5 Å². The van der Waals surface area contributed by atoms with Crippen LogP contribution in [0.4, 0.5) is 5.69 Å². The molecular formula is C28H24Br2Cl2N4O4. The van der Waals surface area contributed by atoms with Gasteiger partial charge in [-0.3, -0.25) is 9.59 Å². The molecule has 208 valence electrons. The largest absolute Gasteiger partial charge is 0.493 e. The Hall–Kier alpha value is -2.92. The number of nitrogens with zero attached hydrogens (tertiary/aromatic N) is 3. The summed E-state index contributed by atoms with van der Waals surface area (Å²) < 4.78 is 13.7. The highest BCUT2D eigenvalue weighted by Gasteiger charge is 2.19. The highest BCUT2D eigenvalue weighted by molar-refractivity contribution is 9.10. The maximum Gasteiger partial charge on any atom is 0.282 e. The van der Waals surface area contributed by atoms with E-state index >= 15 is 0 Å². The molecule has 0 bridgehead atoms. The maximum atomic E-state index is 13.4. The number of amides is 1. The average Bonchev–Trinajstić information content (AvgIpc) is 2.94. The molecule has 1 amide bonds. The topological polar surface area (TPSA) is 94.8 Å². The van der Waals surface area contributed by atoms with Crippen molar-refractivity contribution in [2.75, 3.05) is 19.0 Å². The molecule has 1 aromatic heterocycles. The second-order valence-corrected chi connectivity index (χ2v) is 11.1. The Balaban J connectivity index is 1.62. The average molecular weight is 711 g/mol. The molecule has 0 spiro atoms. The molecule has 1 N–H and O–H groups in total. The van der Waals surface area contributed by atoms with Gasteiger partial charge >= 0.3 is 0 Å². The summed E-state index contributed by atoms with van der Waals surface area (Å²) in [7, 11) is 1.46. The third-order valence-corrected chi connectivity index (χ3v) is 7.98. The fourth-order valence-corrected chi connectivity index (χ4v) is 4.92. The Kier molecular flexibility index (Phi) is 10.2. The van der Waals surface area contributed by atoms with E-state index in [2.05, 4.69) is 49.2 Å². The van der Waals surface area contributed by atoms with Crippen molar-refractivity contribution in [2.24, 2.45) is 5.10 Å². The minimum absolute atomic E-state index is 0.178. The quantitative estimate of drug-likeness (QED) is 0.172. The van der Waals surface area contributed by atoms with E-state index < -0.39 is 5.91 Å². The molecule has 12 heteroatoms. The van der Waals surface area contributed by atoms with Crippen LogP contribution in [0.15, 0.2) is 67.4 Å². The SMILES string of the molecule is CCCCc1nc2ccc(Br)cc2c(=O)n1N=Cc1cc(OC)c(OCC(=O)Nc2ccc(Cl)cc2)c(Cl)c1Br. The van der Waals surface area contributed by atoms with E-state index in [0.717, 1.165) is 17.3 Å². The first-order valence-electron chi connectivity index (χ1n) is 12.2. The number of unbranched alkanes of at least 4 members (excludes halogenated alkanes) is 1. The van der Waals surface area contributed by atoms with Crippen LogP contribution in [0.3, 0.4) is 0 Å². The number of methoxy groups -OCH3 is 1. The summed E-state index contributed by atoms with van der Waals surface area (Å²) in [6.07, 6.45) is 3.88. The van der Waals surface area contributed by atoms with E-state index in [4.69, 9.17) is 37.7 Å². The monoisotopic (exact) mass is 708 g/mol. The number of fused-ring (bicyclic) bond motifs is 1. The van der Waals surface area contributed by atoms with Gasteiger partial charge < -0.3 is 14.8 Å². The van der Waals surface area contributed by atoms with Gasteiger partial charge in [0, 0.05) is 31.6 Å². The summed E-state index contributed by atoms with van der Waals surface area (Å²) in [5.74, 6) is 0.626. The predicted molar refractivity (Wildman–Crippen MR) is 167 cm³/mol. The second kappa shape index (κ2) is 13.6. The summed E-state index contributed by atoms with van der Waals surface area (Å²) in [6.45, 7) is 1.76. The standard InChI is InChI=1S/C28H24Br2Cl2N4O4/c1-3-4-5-23-35-21-11-6-17(29)13-20(21)28(38)36(23)33-14-16-12-22(39-2)27(26(32)25(16)30)40-15-24(37)34-19-9-7-18(31)8-10-19/h6-14H,3-5,15H2,1-2H3,(H,34,37). The molecule has 0 unspecified atom stereocenters. The van der Waals surface area contributed by atoms with Crippen molar-refractivity contribution in [1.29, 1.82) is 0 Å². The van der Waals surface area contributed by atoms with Gasteiger partial charge in [-0.2, -0.15) is 9.78 Å². The van der Waals surface area contributed by atoms with Crippen molar-refractivity contribution in [3.8, 4) is 11.5 Å². The second-order valence-electron chi connectivity index (χ2n) is 8.62. The molecule has 0 aliphatic heterocycles. The van der Waals surface area contributed by atoms with Crippen LogP contribution in [0, 0.1) is 0 Å². The Morgan fingerprint density at radius 2 is 1.90 bits per heavy atom. The zero-order valence-electron chi connectivity index (χ0n) is 21.5. The van der Waals surface area contributed by atoms with E-state index in [1.165, 1.54) is 18.0 Å². The van der Waals surface area contributed by atoms with Crippen LogP contribution in [0.1, 0.15) is 31.2 Å². The van der Waals surface area contributed by atoms with Crippen LogP contribution in [0.5, 0.6) is 11.5 Å². The van der Waals surface area contributed by atoms with Gasteiger partial charge in [0.2, 0.25) is 0 Å². The molecule has 1 heterocycles. The lowest BCUT2D eigenvalue weighted by atomic mass is 10.2.